The van der Waals surface area contributed by atoms with E-state index in [1.807, 2.05) is 37.6 Å². The molecule has 0 atom stereocenters. The average Bonchev–Trinajstić information content (AvgIpc) is 3.02. The fourth-order valence-corrected chi connectivity index (χ4v) is 4.03. The van der Waals surface area contributed by atoms with Crippen molar-refractivity contribution in [2.45, 2.75) is 12.7 Å². The van der Waals surface area contributed by atoms with Crippen LogP contribution < -0.4 is 10.9 Å². The summed E-state index contributed by atoms with van der Waals surface area (Å²) in [6.07, 6.45) is 3.68. The number of nitrogens with two attached hydrogens (primary N) is 1. The van der Waals surface area contributed by atoms with E-state index in [4.69, 9.17) is 10.4 Å². The number of pyridine rings is 1. The highest BCUT2D eigenvalue weighted by Crippen LogP contribution is 2.31. The van der Waals surface area contributed by atoms with Crippen molar-refractivity contribution in [3.05, 3.63) is 47.7 Å². The van der Waals surface area contributed by atoms with Gasteiger partial charge >= 0.3 is 0 Å². The Morgan fingerprint density at radius 1 is 1.32 bits per heavy atom. The maximum Gasteiger partial charge on any atom is 0.260 e. The highest BCUT2D eigenvalue weighted by molar-refractivity contribution is 8.38. The zero-order chi connectivity index (χ0) is 17.8. The lowest BCUT2D eigenvalue weighted by Crippen LogP contribution is -2.26. The van der Waals surface area contributed by atoms with E-state index in [0.717, 1.165) is 21.2 Å². The predicted molar refractivity (Wildman–Crippen MR) is 107 cm³/mol. The van der Waals surface area contributed by atoms with Gasteiger partial charge in [-0.25, -0.2) is 15.8 Å². The third kappa shape index (κ3) is 3.97. The molecule has 0 saturated carbocycles. The van der Waals surface area contributed by atoms with Crippen molar-refractivity contribution in [1.29, 1.82) is 0 Å². The molecule has 2 aromatic heterocycles. The van der Waals surface area contributed by atoms with Crippen LogP contribution in [0.1, 0.15) is 11.1 Å². The Bertz CT molecular complexity index is 907. The van der Waals surface area contributed by atoms with Gasteiger partial charge in [0, 0.05) is 19.0 Å². The minimum atomic E-state index is 0.498. The minimum Gasteiger partial charge on any atom is -0.334 e. The Hall–Kier alpha value is -2.03. The maximum absolute atomic E-state index is 5.95. The number of thioether (sulfide) groups is 2. The van der Waals surface area contributed by atoms with Crippen LogP contribution in [0, 0.1) is 6.92 Å². The fraction of sp³-hybridized carbons (Fsp3) is 0.235. The molecule has 0 saturated heterocycles. The topological polar surface area (TPSA) is 80.5 Å². The van der Waals surface area contributed by atoms with Gasteiger partial charge in [0.25, 0.3) is 5.71 Å². The van der Waals surface area contributed by atoms with Crippen LogP contribution in [0.25, 0.3) is 11.1 Å². The summed E-state index contributed by atoms with van der Waals surface area (Å²) >= 11 is 3.24. The van der Waals surface area contributed by atoms with Crippen LogP contribution in [0.2, 0.25) is 0 Å². The Morgan fingerprint density at radius 2 is 2.16 bits per heavy atom. The Kier molecular flexibility index (Phi) is 5.62. The SMILES string of the molecule is CS/C(=N/c1noc2ncccc12)SCc1c(C)cccc1N(C)N. The van der Waals surface area contributed by atoms with Crippen molar-refractivity contribution in [3.63, 3.8) is 0 Å². The molecule has 0 aliphatic rings. The zero-order valence-electron chi connectivity index (χ0n) is 14.3. The molecular weight excluding hydrogens is 354 g/mol. The van der Waals surface area contributed by atoms with Gasteiger partial charge in [-0.05, 0) is 42.5 Å². The summed E-state index contributed by atoms with van der Waals surface area (Å²) in [5, 5.41) is 6.48. The summed E-state index contributed by atoms with van der Waals surface area (Å²) in [6.45, 7) is 2.09. The number of hydrogen-bond donors (Lipinski definition) is 1. The zero-order valence-corrected chi connectivity index (χ0v) is 15.9. The molecule has 0 aliphatic carbocycles. The first-order valence-corrected chi connectivity index (χ1v) is 9.84. The number of aryl methyl sites for hydroxylation is 1. The maximum atomic E-state index is 5.95. The van der Waals surface area contributed by atoms with Crippen LogP contribution in [0.4, 0.5) is 11.5 Å². The van der Waals surface area contributed by atoms with Gasteiger partial charge in [-0.15, -0.1) is 11.8 Å². The summed E-state index contributed by atoms with van der Waals surface area (Å²) in [4.78, 5) is 8.78. The average molecular weight is 374 g/mol. The third-order valence-corrected chi connectivity index (χ3v) is 5.77. The van der Waals surface area contributed by atoms with E-state index in [1.165, 1.54) is 11.1 Å². The Balaban J connectivity index is 1.84. The number of nitrogens with zero attached hydrogens (tertiary/aromatic N) is 4. The molecule has 0 bridgehead atoms. The number of benzene rings is 1. The van der Waals surface area contributed by atoms with Gasteiger partial charge in [0.2, 0.25) is 5.82 Å². The van der Waals surface area contributed by atoms with Crippen molar-refractivity contribution >= 4 is 50.5 Å². The molecule has 8 heteroatoms. The third-order valence-electron chi connectivity index (χ3n) is 3.71. The molecule has 6 nitrogen and oxygen atoms in total. The highest BCUT2D eigenvalue weighted by atomic mass is 32.2. The van der Waals surface area contributed by atoms with E-state index >= 15 is 0 Å². The number of fused-ring (bicyclic) bond motifs is 1. The minimum absolute atomic E-state index is 0.498. The number of aliphatic imine (C=N–C) groups is 1. The first kappa shape index (κ1) is 17.8. The fourth-order valence-electron chi connectivity index (χ4n) is 2.41. The lowest BCUT2D eigenvalue weighted by molar-refractivity contribution is 0.451. The van der Waals surface area contributed by atoms with Gasteiger partial charge < -0.3 is 9.53 Å². The van der Waals surface area contributed by atoms with Crippen molar-refractivity contribution in [3.8, 4) is 0 Å². The number of hydrogen-bond acceptors (Lipinski definition) is 8. The van der Waals surface area contributed by atoms with Crippen LogP contribution in [-0.4, -0.2) is 27.8 Å². The molecule has 0 unspecified atom stereocenters. The number of rotatable bonds is 4. The molecule has 2 N–H and O–H groups in total. The Morgan fingerprint density at radius 3 is 2.92 bits per heavy atom. The van der Waals surface area contributed by atoms with Gasteiger partial charge in [-0.3, -0.25) is 0 Å². The largest absolute Gasteiger partial charge is 0.334 e. The van der Waals surface area contributed by atoms with E-state index in [-0.39, 0.29) is 0 Å². The quantitative estimate of drug-likeness (QED) is 0.319. The van der Waals surface area contributed by atoms with Crippen LogP contribution in [-0.2, 0) is 5.75 Å². The molecule has 0 amide bonds. The normalized spacial score (nSPS) is 11.9. The van der Waals surface area contributed by atoms with Crippen molar-refractivity contribution < 1.29 is 4.52 Å². The van der Waals surface area contributed by atoms with Crippen LogP contribution in [0.5, 0.6) is 0 Å². The molecule has 1 aromatic carbocycles. The predicted octanol–water partition coefficient (Wildman–Crippen LogP) is 4.13. The van der Waals surface area contributed by atoms with E-state index in [9.17, 15) is 0 Å². The molecule has 0 spiro atoms. The molecule has 2 heterocycles. The molecule has 0 aliphatic heterocycles. The first-order chi connectivity index (χ1) is 12.1. The lowest BCUT2D eigenvalue weighted by atomic mass is 10.1. The van der Waals surface area contributed by atoms with Crippen molar-refractivity contribution in [1.82, 2.24) is 10.1 Å². The van der Waals surface area contributed by atoms with Crippen molar-refractivity contribution in [2.24, 2.45) is 10.8 Å². The highest BCUT2D eigenvalue weighted by Gasteiger charge is 2.12. The number of anilines is 1. The van der Waals surface area contributed by atoms with Gasteiger partial charge in [0.15, 0.2) is 0 Å². The summed E-state index contributed by atoms with van der Waals surface area (Å²) in [6, 6.07) is 9.88. The summed E-state index contributed by atoms with van der Waals surface area (Å²) < 4.78 is 6.13. The first-order valence-electron chi connectivity index (χ1n) is 7.63. The standard InChI is InChI=1S/C17H19N5OS2/c1-11-6-4-8-14(22(2)18)13(11)10-25-17(24-3)20-15-12-7-5-9-19-16(12)23-21-15/h4-9H,10,18H2,1-3H3/b20-17-. The summed E-state index contributed by atoms with van der Waals surface area (Å²) in [7, 11) is 1.85. The van der Waals surface area contributed by atoms with Gasteiger partial charge in [0.1, 0.15) is 4.38 Å². The summed E-state index contributed by atoms with van der Waals surface area (Å²) in [5.41, 5.74) is 3.92. The van der Waals surface area contributed by atoms with Crippen LogP contribution in [0.15, 0.2) is 46.0 Å². The molecule has 25 heavy (non-hydrogen) atoms. The lowest BCUT2D eigenvalue weighted by Gasteiger charge is -2.18. The number of aromatic nitrogens is 2. The Labute approximate surface area is 154 Å². The second-order valence-corrected chi connectivity index (χ2v) is 7.43. The summed E-state index contributed by atoms with van der Waals surface area (Å²) in [5.74, 6) is 7.28. The van der Waals surface area contributed by atoms with Gasteiger partial charge in [0.05, 0.1) is 11.1 Å². The van der Waals surface area contributed by atoms with E-state index in [2.05, 4.69) is 28.1 Å². The van der Waals surface area contributed by atoms with Crippen LogP contribution in [0.3, 0.4) is 0 Å². The second kappa shape index (κ2) is 7.90. The van der Waals surface area contributed by atoms with Crippen molar-refractivity contribution in [2.75, 3.05) is 18.3 Å². The van der Waals surface area contributed by atoms with Gasteiger partial charge in [-0.1, -0.05) is 29.1 Å². The van der Waals surface area contributed by atoms with E-state index in [1.54, 1.807) is 34.7 Å². The monoisotopic (exact) mass is 373 g/mol. The smallest absolute Gasteiger partial charge is 0.260 e. The van der Waals surface area contributed by atoms with E-state index < -0.39 is 0 Å². The molecule has 0 radical (unpaired) electrons. The molecular formula is C17H19N5OS2. The van der Waals surface area contributed by atoms with Gasteiger partial charge in [-0.2, -0.15) is 0 Å². The van der Waals surface area contributed by atoms with Crippen LogP contribution >= 0.6 is 23.5 Å². The number of hydrazine groups is 1. The molecule has 3 rings (SSSR count). The molecule has 130 valence electrons. The molecule has 3 aromatic rings. The molecule has 0 fully saturated rings. The van der Waals surface area contributed by atoms with E-state index in [0.29, 0.717) is 11.5 Å². The second-order valence-electron chi connectivity index (χ2n) is 5.42.